The van der Waals surface area contributed by atoms with Gasteiger partial charge in [-0.05, 0) is 49.7 Å². The number of likely N-dealkylation sites (tertiary alicyclic amines) is 1. The minimum atomic E-state index is 0.211. The minimum absolute atomic E-state index is 0.211. The molecule has 1 saturated heterocycles. The Balaban J connectivity index is 2.17. The SMILES string of the molecule is CCC1CCN(C(c2sccc2C)C(C)N)C1. The van der Waals surface area contributed by atoms with E-state index in [4.69, 9.17) is 5.73 Å². The molecular weight excluding hydrogens is 228 g/mol. The first-order valence-corrected chi connectivity index (χ1v) is 7.55. The molecule has 3 unspecified atom stereocenters. The molecule has 96 valence electrons. The van der Waals surface area contributed by atoms with E-state index in [9.17, 15) is 0 Å². The van der Waals surface area contributed by atoms with Gasteiger partial charge < -0.3 is 5.73 Å². The van der Waals surface area contributed by atoms with Gasteiger partial charge in [-0.2, -0.15) is 0 Å². The third-order valence-electron chi connectivity index (χ3n) is 3.96. The molecule has 2 N–H and O–H groups in total. The fourth-order valence-electron chi connectivity index (χ4n) is 2.87. The van der Waals surface area contributed by atoms with Gasteiger partial charge in [0.25, 0.3) is 0 Å². The van der Waals surface area contributed by atoms with Gasteiger partial charge in [-0.25, -0.2) is 0 Å². The van der Waals surface area contributed by atoms with Crippen LogP contribution in [0.25, 0.3) is 0 Å². The van der Waals surface area contributed by atoms with E-state index >= 15 is 0 Å². The van der Waals surface area contributed by atoms with Crippen molar-refractivity contribution in [2.75, 3.05) is 13.1 Å². The first-order chi connectivity index (χ1) is 8.13. The maximum atomic E-state index is 6.23. The molecule has 3 heteroatoms. The van der Waals surface area contributed by atoms with Crippen molar-refractivity contribution >= 4 is 11.3 Å². The van der Waals surface area contributed by atoms with E-state index in [0.717, 1.165) is 5.92 Å². The van der Waals surface area contributed by atoms with Crippen LogP contribution >= 0.6 is 11.3 Å². The summed E-state index contributed by atoms with van der Waals surface area (Å²) >= 11 is 1.86. The zero-order valence-corrected chi connectivity index (χ0v) is 12.0. The minimum Gasteiger partial charge on any atom is -0.326 e. The van der Waals surface area contributed by atoms with Crippen molar-refractivity contribution in [2.45, 2.75) is 45.7 Å². The molecule has 0 aliphatic carbocycles. The van der Waals surface area contributed by atoms with Crippen molar-refractivity contribution in [3.05, 3.63) is 21.9 Å². The maximum Gasteiger partial charge on any atom is 0.0593 e. The Hall–Kier alpha value is -0.380. The lowest BCUT2D eigenvalue weighted by molar-refractivity contribution is 0.213. The van der Waals surface area contributed by atoms with Gasteiger partial charge in [0.15, 0.2) is 0 Å². The lowest BCUT2D eigenvalue weighted by atomic mass is 10.0. The second-order valence-electron chi connectivity index (χ2n) is 5.33. The molecule has 0 saturated carbocycles. The highest BCUT2D eigenvalue weighted by molar-refractivity contribution is 7.10. The number of nitrogens with zero attached hydrogens (tertiary/aromatic N) is 1. The largest absolute Gasteiger partial charge is 0.326 e. The normalized spacial score (nSPS) is 25.1. The number of nitrogens with two attached hydrogens (primary N) is 1. The van der Waals surface area contributed by atoms with Gasteiger partial charge in [-0.15, -0.1) is 11.3 Å². The molecule has 2 heterocycles. The molecular formula is C14H24N2S. The summed E-state index contributed by atoms with van der Waals surface area (Å²) in [5.41, 5.74) is 7.63. The molecule has 1 aliphatic rings. The van der Waals surface area contributed by atoms with Crippen molar-refractivity contribution in [2.24, 2.45) is 11.7 Å². The molecule has 1 fully saturated rings. The third kappa shape index (κ3) is 2.72. The van der Waals surface area contributed by atoms with E-state index in [0.29, 0.717) is 6.04 Å². The monoisotopic (exact) mass is 252 g/mol. The first-order valence-electron chi connectivity index (χ1n) is 6.67. The molecule has 2 nitrogen and oxygen atoms in total. The molecule has 0 aromatic carbocycles. The van der Waals surface area contributed by atoms with Crippen molar-refractivity contribution in [1.82, 2.24) is 4.90 Å². The molecule has 0 bridgehead atoms. The Kier molecular flexibility index (Phi) is 4.23. The van der Waals surface area contributed by atoms with Crippen LogP contribution in [-0.2, 0) is 0 Å². The zero-order valence-electron chi connectivity index (χ0n) is 11.1. The summed E-state index contributed by atoms with van der Waals surface area (Å²) in [6, 6.07) is 2.84. The van der Waals surface area contributed by atoms with E-state index in [1.165, 1.54) is 36.4 Å². The Labute approximate surface area is 109 Å². The smallest absolute Gasteiger partial charge is 0.0593 e. The van der Waals surface area contributed by atoms with Crippen LogP contribution in [0, 0.1) is 12.8 Å². The average Bonchev–Trinajstić information content (AvgIpc) is 2.89. The summed E-state index contributed by atoms with van der Waals surface area (Å²) in [4.78, 5) is 4.06. The van der Waals surface area contributed by atoms with Crippen LogP contribution in [-0.4, -0.2) is 24.0 Å². The predicted molar refractivity (Wildman–Crippen MR) is 75.4 cm³/mol. The Morgan fingerprint density at radius 3 is 2.82 bits per heavy atom. The van der Waals surface area contributed by atoms with E-state index < -0.39 is 0 Å². The molecule has 1 aromatic rings. The van der Waals surface area contributed by atoms with Crippen molar-refractivity contribution < 1.29 is 0 Å². The lowest BCUT2D eigenvalue weighted by Crippen LogP contribution is -2.38. The quantitative estimate of drug-likeness (QED) is 0.892. The third-order valence-corrected chi connectivity index (χ3v) is 5.05. The molecule has 0 spiro atoms. The highest BCUT2D eigenvalue weighted by atomic mass is 32.1. The fourth-order valence-corrected chi connectivity index (χ4v) is 4.05. The Morgan fingerprint density at radius 2 is 2.35 bits per heavy atom. The van der Waals surface area contributed by atoms with Gasteiger partial charge in [0.05, 0.1) is 6.04 Å². The molecule has 0 amide bonds. The number of rotatable bonds is 4. The fraction of sp³-hybridized carbons (Fsp3) is 0.714. The highest BCUT2D eigenvalue weighted by Crippen LogP contribution is 2.34. The predicted octanol–water partition coefficient (Wildman–Crippen LogP) is 3.18. The van der Waals surface area contributed by atoms with Crippen LogP contribution in [0.2, 0.25) is 0 Å². The van der Waals surface area contributed by atoms with Gasteiger partial charge in [0, 0.05) is 17.5 Å². The number of hydrogen-bond acceptors (Lipinski definition) is 3. The molecule has 1 aliphatic heterocycles. The summed E-state index contributed by atoms with van der Waals surface area (Å²) in [5, 5.41) is 2.19. The van der Waals surface area contributed by atoms with E-state index in [1.54, 1.807) is 0 Å². The molecule has 17 heavy (non-hydrogen) atoms. The van der Waals surface area contributed by atoms with Crippen LogP contribution in [0.1, 0.15) is 43.2 Å². The second kappa shape index (κ2) is 5.51. The van der Waals surface area contributed by atoms with Gasteiger partial charge >= 0.3 is 0 Å². The van der Waals surface area contributed by atoms with Crippen molar-refractivity contribution in [1.29, 1.82) is 0 Å². The van der Waals surface area contributed by atoms with Crippen LogP contribution < -0.4 is 5.73 Å². The summed E-state index contributed by atoms with van der Waals surface area (Å²) < 4.78 is 0. The van der Waals surface area contributed by atoms with Gasteiger partial charge in [-0.1, -0.05) is 13.3 Å². The topological polar surface area (TPSA) is 29.3 Å². The first kappa shape index (κ1) is 13.1. The number of hydrogen-bond donors (Lipinski definition) is 1. The summed E-state index contributed by atoms with van der Waals surface area (Å²) in [6.45, 7) is 9.07. The summed E-state index contributed by atoms with van der Waals surface area (Å²) in [7, 11) is 0. The number of aryl methyl sites for hydroxylation is 1. The zero-order chi connectivity index (χ0) is 12.4. The van der Waals surface area contributed by atoms with E-state index in [2.05, 4.69) is 37.1 Å². The molecule has 1 aromatic heterocycles. The summed E-state index contributed by atoms with van der Waals surface area (Å²) in [6.07, 6.45) is 2.63. The molecule has 0 radical (unpaired) electrons. The molecule has 3 atom stereocenters. The Bertz CT molecular complexity index is 359. The summed E-state index contributed by atoms with van der Waals surface area (Å²) in [5.74, 6) is 0.872. The molecule has 2 rings (SSSR count). The van der Waals surface area contributed by atoms with Crippen LogP contribution in [0.5, 0.6) is 0 Å². The van der Waals surface area contributed by atoms with E-state index in [-0.39, 0.29) is 6.04 Å². The number of thiophene rings is 1. The highest BCUT2D eigenvalue weighted by Gasteiger charge is 2.31. The van der Waals surface area contributed by atoms with Crippen LogP contribution in [0.15, 0.2) is 11.4 Å². The van der Waals surface area contributed by atoms with Crippen molar-refractivity contribution in [3.63, 3.8) is 0 Å². The lowest BCUT2D eigenvalue weighted by Gasteiger charge is -2.31. The average molecular weight is 252 g/mol. The van der Waals surface area contributed by atoms with Crippen LogP contribution in [0.4, 0.5) is 0 Å². The Morgan fingerprint density at radius 1 is 1.59 bits per heavy atom. The van der Waals surface area contributed by atoms with Gasteiger partial charge in [-0.3, -0.25) is 4.90 Å². The van der Waals surface area contributed by atoms with Gasteiger partial charge in [0.1, 0.15) is 0 Å². The van der Waals surface area contributed by atoms with Gasteiger partial charge in [0.2, 0.25) is 0 Å². The van der Waals surface area contributed by atoms with Crippen LogP contribution in [0.3, 0.4) is 0 Å². The standard InChI is InChI=1S/C14H24N2S/c1-4-12-5-7-16(9-12)13(11(3)15)14-10(2)6-8-17-14/h6,8,11-13H,4-5,7,9,15H2,1-3H3. The van der Waals surface area contributed by atoms with Crippen molar-refractivity contribution in [3.8, 4) is 0 Å². The maximum absolute atomic E-state index is 6.23. The van der Waals surface area contributed by atoms with E-state index in [1.807, 2.05) is 11.3 Å². The second-order valence-corrected chi connectivity index (χ2v) is 6.28.